The van der Waals surface area contributed by atoms with Crippen molar-refractivity contribution in [3.63, 3.8) is 0 Å². The average molecular weight is 215 g/mol. The van der Waals surface area contributed by atoms with Crippen LogP contribution in [0.5, 0.6) is 0 Å². The van der Waals surface area contributed by atoms with Crippen molar-refractivity contribution in [2.24, 2.45) is 0 Å². The van der Waals surface area contributed by atoms with Crippen LogP contribution in [0.2, 0.25) is 10.0 Å². The summed E-state index contributed by atoms with van der Waals surface area (Å²) >= 11 is 11.7. The number of halogens is 2. The fourth-order valence-corrected chi connectivity index (χ4v) is 1.58. The Balaban J connectivity index is 3.25. The fraction of sp³-hybridized carbons (Fsp3) is 0.200. The Morgan fingerprint density at radius 2 is 1.85 bits per heavy atom. The molecule has 0 heterocycles. The molecule has 0 atom stereocenters. The second kappa shape index (κ2) is 4.53. The second-order valence-electron chi connectivity index (χ2n) is 2.45. The van der Waals surface area contributed by atoms with Crippen LogP contribution in [0, 0.1) is 11.8 Å². The molecule has 0 bridgehead atoms. The van der Waals surface area contributed by atoms with Gasteiger partial charge in [0.05, 0.1) is 6.61 Å². The normalized spacial score (nSPS) is 9.23. The van der Waals surface area contributed by atoms with Gasteiger partial charge in [-0.1, -0.05) is 29.1 Å². The molecule has 0 radical (unpaired) electrons. The zero-order chi connectivity index (χ0) is 9.84. The lowest BCUT2D eigenvalue weighted by molar-refractivity contribution is 0.282. The van der Waals surface area contributed by atoms with Gasteiger partial charge < -0.3 is 5.11 Å². The van der Waals surface area contributed by atoms with Crippen molar-refractivity contribution in [3.05, 3.63) is 33.3 Å². The van der Waals surface area contributed by atoms with Crippen LogP contribution in [0.1, 0.15) is 18.1 Å². The predicted octanol–water partition coefficient (Wildman–Crippen LogP) is 2.86. The zero-order valence-corrected chi connectivity index (χ0v) is 8.58. The van der Waals surface area contributed by atoms with Crippen molar-refractivity contribution in [2.45, 2.75) is 13.5 Å². The van der Waals surface area contributed by atoms with Gasteiger partial charge >= 0.3 is 0 Å². The number of rotatable bonds is 1. The van der Waals surface area contributed by atoms with Crippen LogP contribution >= 0.6 is 23.2 Å². The number of benzene rings is 1. The van der Waals surface area contributed by atoms with Gasteiger partial charge in [-0.25, -0.2) is 0 Å². The number of hydrogen-bond acceptors (Lipinski definition) is 1. The maximum absolute atomic E-state index is 8.92. The molecule has 0 spiro atoms. The Bertz CT molecular complexity index is 351. The molecule has 68 valence electrons. The Morgan fingerprint density at radius 3 is 2.23 bits per heavy atom. The molecule has 0 fully saturated rings. The van der Waals surface area contributed by atoms with Gasteiger partial charge in [-0.3, -0.25) is 0 Å². The van der Waals surface area contributed by atoms with Gasteiger partial charge in [0.25, 0.3) is 0 Å². The maximum atomic E-state index is 8.92. The van der Waals surface area contributed by atoms with Crippen molar-refractivity contribution in [1.29, 1.82) is 0 Å². The molecule has 0 saturated heterocycles. The van der Waals surface area contributed by atoms with E-state index in [4.69, 9.17) is 28.3 Å². The van der Waals surface area contributed by atoms with E-state index in [1.165, 1.54) is 0 Å². The largest absolute Gasteiger partial charge is 0.392 e. The van der Waals surface area contributed by atoms with Crippen LogP contribution in [0.15, 0.2) is 12.1 Å². The van der Waals surface area contributed by atoms with E-state index in [0.717, 1.165) is 5.56 Å². The van der Waals surface area contributed by atoms with E-state index in [0.29, 0.717) is 15.6 Å². The van der Waals surface area contributed by atoms with Gasteiger partial charge in [0.2, 0.25) is 0 Å². The van der Waals surface area contributed by atoms with Crippen molar-refractivity contribution >= 4 is 23.2 Å². The topological polar surface area (TPSA) is 20.2 Å². The molecule has 3 heteroatoms. The lowest BCUT2D eigenvalue weighted by Gasteiger charge is -2.03. The molecular weight excluding hydrogens is 207 g/mol. The molecule has 1 N–H and O–H groups in total. The first-order valence-electron chi connectivity index (χ1n) is 3.70. The summed E-state index contributed by atoms with van der Waals surface area (Å²) in [6, 6.07) is 3.38. The summed E-state index contributed by atoms with van der Waals surface area (Å²) < 4.78 is 0. The first-order valence-corrected chi connectivity index (χ1v) is 4.46. The first kappa shape index (κ1) is 10.4. The molecule has 0 aliphatic carbocycles. The Kier molecular flexibility index (Phi) is 3.62. The SMILES string of the molecule is CC#Cc1cc(Cl)c(CO)c(Cl)c1. The minimum absolute atomic E-state index is 0.155. The third kappa shape index (κ3) is 2.38. The van der Waals surface area contributed by atoms with Crippen molar-refractivity contribution in [2.75, 3.05) is 0 Å². The van der Waals surface area contributed by atoms with Crippen molar-refractivity contribution in [3.8, 4) is 11.8 Å². The second-order valence-corrected chi connectivity index (χ2v) is 3.27. The van der Waals surface area contributed by atoms with Gasteiger partial charge in [0, 0.05) is 21.2 Å². The van der Waals surface area contributed by atoms with Crippen molar-refractivity contribution in [1.82, 2.24) is 0 Å². The monoisotopic (exact) mass is 214 g/mol. The molecule has 0 aromatic heterocycles. The van der Waals surface area contributed by atoms with E-state index in [1.807, 2.05) is 0 Å². The summed E-state index contributed by atoms with van der Waals surface area (Å²) in [6.07, 6.45) is 0. The van der Waals surface area contributed by atoms with E-state index in [2.05, 4.69) is 11.8 Å². The van der Waals surface area contributed by atoms with E-state index < -0.39 is 0 Å². The predicted molar refractivity (Wildman–Crippen MR) is 54.9 cm³/mol. The molecule has 0 aliphatic rings. The highest BCUT2D eigenvalue weighted by Crippen LogP contribution is 2.26. The summed E-state index contributed by atoms with van der Waals surface area (Å²) in [5, 5.41) is 9.82. The summed E-state index contributed by atoms with van der Waals surface area (Å²) in [5.74, 6) is 5.59. The molecule has 0 aliphatic heterocycles. The maximum Gasteiger partial charge on any atom is 0.0711 e. The van der Waals surface area contributed by atoms with Gasteiger partial charge in [0.15, 0.2) is 0 Å². The highest BCUT2D eigenvalue weighted by molar-refractivity contribution is 6.36. The molecule has 1 nitrogen and oxygen atoms in total. The quantitative estimate of drug-likeness (QED) is 0.714. The lowest BCUT2D eigenvalue weighted by Crippen LogP contribution is -1.88. The van der Waals surface area contributed by atoms with E-state index in [1.54, 1.807) is 19.1 Å². The van der Waals surface area contributed by atoms with E-state index in [9.17, 15) is 0 Å². The standard InChI is InChI=1S/C10H8Cl2O/c1-2-3-7-4-9(11)8(6-13)10(12)5-7/h4-5,13H,6H2,1H3. The van der Waals surface area contributed by atoms with Crippen LogP contribution in [0.4, 0.5) is 0 Å². The molecule has 1 aromatic rings. The number of hydrogen-bond donors (Lipinski definition) is 1. The Morgan fingerprint density at radius 1 is 1.31 bits per heavy atom. The van der Waals surface area contributed by atoms with Crippen LogP contribution in [0.3, 0.4) is 0 Å². The first-order chi connectivity index (χ1) is 6.19. The highest BCUT2D eigenvalue weighted by Gasteiger charge is 2.05. The highest BCUT2D eigenvalue weighted by atomic mass is 35.5. The van der Waals surface area contributed by atoms with Crippen molar-refractivity contribution < 1.29 is 5.11 Å². The minimum atomic E-state index is -0.155. The van der Waals surface area contributed by atoms with E-state index in [-0.39, 0.29) is 6.61 Å². The molecular formula is C10H8Cl2O. The van der Waals surface area contributed by atoms with Crippen LogP contribution < -0.4 is 0 Å². The molecule has 0 saturated carbocycles. The minimum Gasteiger partial charge on any atom is -0.392 e. The average Bonchev–Trinajstić information content (AvgIpc) is 2.04. The summed E-state index contributed by atoms with van der Waals surface area (Å²) in [4.78, 5) is 0. The van der Waals surface area contributed by atoms with Crippen LogP contribution in [-0.2, 0) is 6.61 Å². The molecule has 13 heavy (non-hydrogen) atoms. The number of aliphatic hydroxyl groups is 1. The third-order valence-corrected chi connectivity index (χ3v) is 2.24. The fourth-order valence-electron chi connectivity index (χ4n) is 0.971. The summed E-state index contributed by atoms with van der Waals surface area (Å²) in [5.41, 5.74) is 1.31. The Labute approximate surface area is 87.3 Å². The van der Waals surface area contributed by atoms with Gasteiger partial charge in [0.1, 0.15) is 0 Å². The summed E-state index contributed by atoms with van der Waals surface area (Å²) in [6.45, 7) is 1.58. The van der Waals surface area contributed by atoms with Gasteiger partial charge in [-0.15, -0.1) is 5.92 Å². The van der Waals surface area contributed by atoms with Gasteiger partial charge in [-0.2, -0.15) is 0 Å². The van der Waals surface area contributed by atoms with Gasteiger partial charge in [-0.05, 0) is 19.1 Å². The van der Waals surface area contributed by atoms with Crippen LogP contribution in [0.25, 0.3) is 0 Å². The molecule has 0 unspecified atom stereocenters. The van der Waals surface area contributed by atoms with Crippen LogP contribution in [-0.4, -0.2) is 5.11 Å². The molecule has 0 amide bonds. The Hall–Kier alpha value is -0.680. The smallest absolute Gasteiger partial charge is 0.0711 e. The third-order valence-electron chi connectivity index (χ3n) is 1.57. The summed E-state index contributed by atoms with van der Waals surface area (Å²) in [7, 11) is 0. The molecule has 1 rings (SSSR count). The molecule has 1 aromatic carbocycles. The van der Waals surface area contributed by atoms with E-state index >= 15 is 0 Å². The number of aliphatic hydroxyl groups excluding tert-OH is 1. The zero-order valence-electron chi connectivity index (χ0n) is 7.06. The lowest BCUT2D eigenvalue weighted by atomic mass is 10.1.